The van der Waals surface area contributed by atoms with Crippen molar-refractivity contribution in [3.63, 3.8) is 0 Å². The maximum atomic E-state index is 13.4. The number of aromatic nitrogens is 2. The highest BCUT2D eigenvalue weighted by Gasteiger charge is 2.12. The zero-order chi connectivity index (χ0) is 12.4. The van der Waals surface area contributed by atoms with Gasteiger partial charge in [-0.05, 0) is 6.92 Å². The van der Waals surface area contributed by atoms with E-state index in [0.717, 1.165) is 6.07 Å². The number of hydrogen-bond donors (Lipinski definition) is 1. The van der Waals surface area contributed by atoms with Crippen molar-refractivity contribution in [1.82, 2.24) is 9.55 Å². The van der Waals surface area contributed by atoms with Gasteiger partial charge in [-0.15, -0.1) is 0 Å². The Morgan fingerprint density at radius 3 is 2.76 bits per heavy atom. The first kappa shape index (κ1) is 11.5. The molecule has 90 valence electrons. The summed E-state index contributed by atoms with van der Waals surface area (Å²) in [6, 6.07) is 1.37. The first-order valence-corrected chi connectivity index (χ1v) is 5.04. The summed E-state index contributed by atoms with van der Waals surface area (Å²) in [5.74, 6) is -2.88. The lowest BCUT2D eigenvalue weighted by Crippen LogP contribution is -2.04. The molecule has 2 aromatic rings. The molecule has 0 saturated heterocycles. The summed E-state index contributed by atoms with van der Waals surface area (Å²) in [5, 5.41) is 2.55. The zero-order valence-corrected chi connectivity index (χ0v) is 9.04. The topological polar surface area (TPSA) is 29.9 Å². The minimum absolute atomic E-state index is 0.275. The van der Waals surface area contributed by atoms with Crippen LogP contribution in [0.4, 0.5) is 24.8 Å². The molecule has 0 fully saturated rings. The van der Waals surface area contributed by atoms with Crippen molar-refractivity contribution in [3.8, 4) is 0 Å². The Kier molecular flexibility index (Phi) is 3.03. The van der Waals surface area contributed by atoms with Crippen LogP contribution >= 0.6 is 0 Å². The maximum absolute atomic E-state index is 13.4. The van der Waals surface area contributed by atoms with Gasteiger partial charge < -0.3 is 9.88 Å². The van der Waals surface area contributed by atoms with Gasteiger partial charge in [0.25, 0.3) is 0 Å². The first-order chi connectivity index (χ1) is 8.11. The predicted molar refractivity (Wildman–Crippen MR) is 57.5 cm³/mol. The number of imidazole rings is 1. The molecule has 2 rings (SSSR count). The van der Waals surface area contributed by atoms with E-state index in [1.165, 1.54) is 6.20 Å². The summed E-state index contributed by atoms with van der Waals surface area (Å²) in [7, 11) is 0. The smallest absolute Gasteiger partial charge is 0.207 e. The molecular weight excluding hydrogens is 231 g/mol. The third kappa shape index (κ3) is 2.25. The normalized spacial score (nSPS) is 10.6. The van der Waals surface area contributed by atoms with Crippen LogP contribution in [0.1, 0.15) is 6.92 Å². The van der Waals surface area contributed by atoms with Crippen LogP contribution < -0.4 is 5.32 Å². The Labute approximate surface area is 95.9 Å². The largest absolute Gasteiger partial charge is 0.323 e. The zero-order valence-electron chi connectivity index (χ0n) is 9.04. The molecule has 0 aliphatic heterocycles. The molecule has 0 unspecified atom stereocenters. The number of rotatable bonds is 3. The standard InChI is InChI=1S/C11H10F3N3/c1-2-17-4-3-15-11(17)16-9-6-7(12)5-8(13)10(9)14/h3-6H,2H2,1H3,(H,15,16). The Hall–Kier alpha value is -1.98. The molecule has 0 amide bonds. The molecule has 0 atom stereocenters. The second-order valence-corrected chi connectivity index (χ2v) is 3.41. The monoisotopic (exact) mass is 241 g/mol. The number of halogens is 3. The van der Waals surface area contributed by atoms with E-state index in [1.54, 1.807) is 10.8 Å². The summed E-state index contributed by atoms with van der Waals surface area (Å²) < 4.78 is 41.0. The highest BCUT2D eigenvalue weighted by Crippen LogP contribution is 2.22. The van der Waals surface area contributed by atoms with E-state index in [2.05, 4.69) is 10.3 Å². The molecular formula is C11H10F3N3. The fourth-order valence-electron chi connectivity index (χ4n) is 1.46. The van der Waals surface area contributed by atoms with Gasteiger partial charge in [0.05, 0.1) is 5.69 Å². The molecule has 17 heavy (non-hydrogen) atoms. The van der Waals surface area contributed by atoms with Gasteiger partial charge in [0.2, 0.25) is 5.95 Å². The number of nitrogens with zero attached hydrogens (tertiary/aromatic N) is 2. The van der Waals surface area contributed by atoms with Crippen molar-refractivity contribution in [3.05, 3.63) is 42.0 Å². The minimum Gasteiger partial charge on any atom is -0.323 e. The lowest BCUT2D eigenvalue weighted by Gasteiger charge is -2.09. The van der Waals surface area contributed by atoms with Gasteiger partial charge in [0.1, 0.15) is 5.82 Å². The van der Waals surface area contributed by atoms with Crippen LogP contribution in [0.2, 0.25) is 0 Å². The lowest BCUT2D eigenvalue weighted by molar-refractivity contribution is 0.498. The van der Waals surface area contributed by atoms with Crippen LogP contribution in [0, 0.1) is 17.5 Å². The van der Waals surface area contributed by atoms with Gasteiger partial charge >= 0.3 is 0 Å². The average molecular weight is 241 g/mol. The fourth-order valence-corrected chi connectivity index (χ4v) is 1.46. The molecule has 1 heterocycles. The second kappa shape index (κ2) is 4.48. The summed E-state index contributed by atoms with van der Waals surface area (Å²) in [6.07, 6.45) is 3.19. The van der Waals surface area contributed by atoms with Gasteiger partial charge in [0, 0.05) is 31.1 Å². The van der Waals surface area contributed by atoms with Crippen molar-refractivity contribution >= 4 is 11.6 Å². The number of benzene rings is 1. The third-order valence-corrected chi connectivity index (χ3v) is 2.30. The van der Waals surface area contributed by atoms with Crippen LogP contribution in [0.25, 0.3) is 0 Å². The second-order valence-electron chi connectivity index (χ2n) is 3.41. The van der Waals surface area contributed by atoms with Gasteiger partial charge in [-0.1, -0.05) is 0 Å². The van der Waals surface area contributed by atoms with E-state index in [0.29, 0.717) is 18.6 Å². The highest BCUT2D eigenvalue weighted by molar-refractivity contribution is 5.54. The van der Waals surface area contributed by atoms with Crippen molar-refractivity contribution < 1.29 is 13.2 Å². The Morgan fingerprint density at radius 1 is 1.29 bits per heavy atom. The van der Waals surface area contributed by atoms with Crippen LogP contribution in [0.3, 0.4) is 0 Å². The summed E-state index contributed by atoms with van der Waals surface area (Å²) >= 11 is 0. The van der Waals surface area contributed by atoms with Crippen LogP contribution in [-0.4, -0.2) is 9.55 Å². The van der Waals surface area contributed by atoms with E-state index in [9.17, 15) is 13.2 Å². The van der Waals surface area contributed by atoms with Crippen molar-refractivity contribution in [2.75, 3.05) is 5.32 Å². The molecule has 0 bridgehead atoms. The highest BCUT2D eigenvalue weighted by atomic mass is 19.2. The molecule has 1 N–H and O–H groups in total. The maximum Gasteiger partial charge on any atom is 0.207 e. The summed E-state index contributed by atoms with van der Waals surface area (Å²) in [6.45, 7) is 2.48. The van der Waals surface area contributed by atoms with Gasteiger partial charge in [0.15, 0.2) is 11.6 Å². The Bertz CT molecular complexity index is 537. The van der Waals surface area contributed by atoms with Crippen molar-refractivity contribution in [2.24, 2.45) is 0 Å². The summed E-state index contributed by atoms with van der Waals surface area (Å²) in [4.78, 5) is 3.92. The van der Waals surface area contributed by atoms with E-state index >= 15 is 0 Å². The van der Waals surface area contributed by atoms with E-state index < -0.39 is 17.5 Å². The number of anilines is 2. The SMILES string of the molecule is CCn1ccnc1Nc1cc(F)cc(F)c1F. The predicted octanol–water partition coefficient (Wildman–Crippen LogP) is 3.06. The van der Waals surface area contributed by atoms with Crippen LogP contribution in [0.5, 0.6) is 0 Å². The van der Waals surface area contributed by atoms with Crippen molar-refractivity contribution in [2.45, 2.75) is 13.5 Å². The third-order valence-electron chi connectivity index (χ3n) is 2.30. The quantitative estimate of drug-likeness (QED) is 0.837. The molecule has 1 aromatic heterocycles. The van der Waals surface area contributed by atoms with Crippen molar-refractivity contribution in [1.29, 1.82) is 0 Å². The molecule has 0 spiro atoms. The van der Waals surface area contributed by atoms with Gasteiger partial charge in [-0.3, -0.25) is 0 Å². The number of aryl methyl sites for hydroxylation is 1. The Morgan fingerprint density at radius 2 is 2.06 bits per heavy atom. The van der Waals surface area contributed by atoms with Gasteiger partial charge in [-0.2, -0.15) is 0 Å². The van der Waals surface area contributed by atoms with Crippen LogP contribution in [0.15, 0.2) is 24.5 Å². The molecule has 6 heteroatoms. The molecule has 0 saturated carbocycles. The van der Waals surface area contributed by atoms with E-state index in [-0.39, 0.29) is 5.69 Å². The summed E-state index contributed by atoms with van der Waals surface area (Å²) in [5.41, 5.74) is -0.275. The molecule has 0 radical (unpaired) electrons. The van der Waals surface area contributed by atoms with Gasteiger partial charge in [-0.25, -0.2) is 18.2 Å². The number of hydrogen-bond acceptors (Lipinski definition) is 2. The lowest BCUT2D eigenvalue weighted by atomic mass is 10.3. The Balaban J connectivity index is 2.36. The van der Waals surface area contributed by atoms with E-state index in [4.69, 9.17) is 0 Å². The molecule has 3 nitrogen and oxygen atoms in total. The minimum atomic E-state index is -1.23. The fraction of sp³-hybridized carbons (Fsp3) is 0.182. The first-order valence-electron chi connectivity index (χ1n) is 5.04. The van der Waals surface area contributed by atoms with Crippen LogP contribution in [-0.2, 0) is 6.54 Å². The van der Waals surface area contributed by atoms with E-state index in [1.807, 2.05) is 6.92 Å². The molecule has 0 aliphatic rings. The number of nitrogens with one attached hydrogen (secondary N) is 1. The molecule has 1 aromatic carbocycles. The molecule has 0 aliphatic carbocycles. The average Bonchev–Trinajstić information content (AvgIpc) is 2.72.